The molecule has 0 radical (unpaired) electrons. The van der Waals surface area contributed by atoms with Crippen molar-refractivity contribution in [3.63, 3.8) is 0 Å². The number of benzene rings is 1. The monoisotopic (exact) mass is 260 g/mol. The van der Waals surface area contributed by atoms with Crippen LogP contribution in [0.3, 0.4) is 0 Å². The summed E-state index contributed by atoms with van der Waals surface area (Å²) in [5.41, 5.74) is 8.37. The Morgan fingerprint density at radius 2 is 2.00 bits per heavy atom. The smallest absolute Gasteiger partial charge is 0.337 e. The number of nitrogens with zero attached hydrogens (tertiary/aromatic N) is 1. The normalized spacial score (nSPS) is 25.4. The van der Waals surface area contributed by atoms with Crippen LogP contribution in [0.15, 0.2) is 18.2 Å². The van der Waals surface area contributed by atoms with E-state index in [2.05, 4.69) is 4.90 Å². The fraction of sp³-hybridized carbons (Fsp3) is 0.533. The summed E-state index contributed by atoms with van der Waals surface area (Å²) in [5.74, 6) is 1.31. The first-order valence-corrected chi connectivity index (χ1v) is 6.92. The van der Waals surface area contributed by atoms with Gasteiger partial charge in [-0.1, -0.05) is 6.42 Å². The maximum atomic E-state index is 11.6. The highest BCUT2D eigenvalue weighted by molar-refractivity contribution is 5.92. The Morgan fingerprint density at radius 3 is 2.63 bits per heavy atom. The Kier molecular flexibility index (Phi) is 3.09. The Labute approximate surface area is 113 Å². The predicted molar refractivity (Wildman–Crippen MR) is 75.2 cm³/mol. The second-order valence-corrected chi connectivity index (χ2v) is 5.62. The largest absolute Gasteiger partial charge is 0.465 e. The zero-order valence-corrected chi connectivity index (χ0v) is 11.3. The molecule has 2 fully saturated rings. The van der Waals surface area contributed by atoms with Crippen LogP contribution in [0.4, 0.5) is 11.4 Å². The predicted octanol–water partition coefficient (Wildman–Crippen LogP) is 2.29. The number of carbonyl (C=O) groups excluding carboxylic acids is 1. The number of ether oxygens (including phenoxy) is 1. The minimum Gasteiger partial charge on any atom is -0.465 e. The van der Waals surface area contributed by atoms with Gasteiger partial charge in [0.15, 0.2) is 0 Å². The van der Waals surface area contributed by atoms with E-state index in [0.29, 0.717) is 5.56 Å². The van der Waals surface area contributed by atoms with Crippen molar-refractivity contribution in [2.45, 2.75) is 19.3 Å². The van der Waals surface area contributed by atoms with Gasteiger partial charge in [0.25, 0.3) is 0 Å². The third-order valence-corrected chi connectivity index (χ3v) is 4.52. The molecule has 1 saturated heterocycles. The van der Waals surface area contributed by atoms with Crippen LogP contribution in [0.5, 0.6) is 0 Å². The number of hydrogen-bond acceptors (Lipinski definition) is 4. The number of nitrogen functional groups attached to an aromatic ring is 1. The molecule has 4 heteroatoms. The van der Waals surface area contributed by atoms with Gasteiger partial charge in [-0.25, -0.2) is 4.79 Å². The third kappa shape index (κ3) is 2.15. The summed E-state index contributed by atoms with van der Waals surface area (Å²) in [6, 6.07) is 5.39. The SMILES string of the molecule is COC(=O)c1ccc(N)c(N2CC3CCCC3C2)c1. The lowest BCUT2D eigenvalue weighted by atomic mass is 10.0. The molecule has 0 spiro atoms. The highest BCUT2D eigenvalue weighted by Gasteiger charge is 2.36. The lowest BCUT2D eigenvalue weighted by Crippen LogP contribution is -2.22. The molecule has 0 amide bonds. The molecular weight excluding hydrogens is 240 g/mol. The van der Waals surface area contributed by atoms with Crippen LogP contribution in [-0.4, -0.2) is 26.2 Å². The van der Waals surface area contributed by atoms with E-state index in [4.69, 9.17) is 10.5 Å². The number of nitrogens with two attached hydrogens (primary N) is 1. The Hall–Kier alpha value is -1.71. The number of rotatable bonds is 2. The fourth-order valence-electron chi connectivity index (χ4n) is 3.49. The van der Waals surface area contributed by atoms with E-state index in [1.54, 1.807) is 12.1 Å². The molecule has 1 heterocycles. The molecule has 0 aromatic heterocycles. The van der Waals surface area contributed by atoms with Gasteiger partial charge in [-0.15, -0.1) is 0 Å². The van der Waals surface area contributed by atoms with E-state index < -0.39 is 0 Å². The van der Waals surface area contributed by atoms with E-state index in [9.17, 15) is 4.79 Å². The van der Waals surface area contributed by atoms with E-state index in [1.165, 1.54) is 26.4 Å². The maximum absolute atomic E-state index is 11.6. The minimum absolute atomic E-state index is 0.305. The molecule has 102 valence electrons. The first kappa shape index (κ1) is 12.3. The van der Waals surface area contributed by atoms with Gasteiger partial charge < -0.3 is 15.4 Å². The fourth-order valence-corrected chi connectivity index (χ4v) is 3.49. The van der Waals surface area contributed by atoms with Gasteiger partial charge in [-0.05, 0) is 42.9 Å². The van der Waals surface area contributed by atoms with Crippen molar-refractivity contribution in [1.82, 2.24) is 0 Å². The van der Waals surface area contributed by atoms with Gasteiger partial charge >= 0.3 is 5.97 Å². The molecule has 1 aliphatic heterocycles. The molecule has 2 unspecified atom stereocenters. The van der Waals surface area contributed by atoms with E-state index in [-0.39, 0.29) is 5.97 Å². The van der Waals surface area contributed by atoms with Crippen molar-refractivity contribution in [2.75, 3.05) is 30.8 Å². The molecule has 2 aliphatic rings. The van der Waals surface area contributed by atoms with Crippen LogP contribution in [0.2, 0.25) is 0 Å². The molecule has 1 aromatic carbocycles. The molecular formula is C15H20N2O2. The summed E-state index contributed by atoms with van der Waals surface area (Å²) in [4.78, 5) is 13.9. The van der Waals surface area contributed by atoms with Crippen molar-refractivity contribution in [2.24, 2.45) is 11.8 Å². The average molecular weight is 260 g/mol. The molecule has 1 aliphatic carbocycles. The molecule has 2 N–H and O–H groups in total. The minimum atomic E-state index is -0.305. The summed E-state index contributed by atoms with van der Waals surface area (Å²) in [5, 5.41) is 0. The van der Waals surface area contributed by atoms with Crippen molar-refractivity contribution >= 4 is 17.3 Å². The average Bonchev–Trinajstić information content (AvgIpc) is 2.99. The molecule has 2 atom stereocenters. The Balaban J connectivity index is 1.86. The van der Waals surface area contributed by atoms with Crippen molar-refractivity contribution in [3.05, 3.63) is 23.8 Å². The summed E-state index contributed by atoms with van der Waals surface area (Å²) >= 11 is 0. The first-order chi connectivity index (χ1) is 9.19. The maximum Gasteiger partial charge on any atom is 0.337 e. The van der Waals surface area contributed by atoms with Crippen LogP contribution < -0.4 is 10.6 Å². The number of fused-ring (bicyclic) bond motifs is 1. The Bertz CT molecular complexity index is 489. The van der Waals surface area contributed by atoms with E-state index in [0.717, 1.165) is 36.3 Å². The third-order valence-electron chi connectivity index (χ3n) is 4.52. The number of carbonyl (C=O) groups is 1. The molecule has 3 rings (SSSR count). The Morgan fingerprint density at radius 1 is 1.32 bits per heavy atom. The quantitative estimate of drug-likeness (QED) is 0.655. The van der Waals surface area contributed by atoms with Crippen LogP contribution in [0.1, 0.15) is 29.6 Å². The lowest BCUT2D eigenvalue weighted by molar-refractivity contribution is 0.0601. The number of esters is 1. The topological polar surface area (TPSA) is 55.6 Å². The summed E-state index contributed by atoms with van der Waals surface area (Å²) in [6.45, 7) is 2.14. The summed E-state index contributed by atoms with van der Waals surface area (Å²) < 4.78 is 4.77. The van der Waals surface area contributed by atoms with Gasteiger partial charge in [-0.2, -0.15) is 0 Å². The van der Waals surface area contributed by atoms with Gasteiger partial charge in [-0.3, -0.25) is 0 Å². The van der Waals surface area contributed by atoms with Crippen molar-refractivity contribution in [3.8, 4) is 0 Å². The van der Waals surface area contributed by atoms with E-state index >= 15 is 0 Å². The van der Waals surface area contributed by atoms with Crippen LogP contribution in [0.25, 0.3) is 0 Å². The standard InChI is InChI=1S/C15H20N2O2/c1-19-15(18)10-5-6-13(16)14(7-10)17-8-11-3-2-4-12(11)9-17/h5-7,11-12H,2-4,8-9,16H2,1H3. The second kappa shape index (κ2) is 4.76. The highest BCUT2D eigenvalue weighted by atomic mass is 16.5. The van der Waals surface area contributed by atoms with Gasteiger partial charge in [0.2, 0.25) is 0 Å². The highest BCUT2D eigenvalue weighted by Crippen LogP contribution is 2.41. The second-order valence-electron chi connectivity index (χ2n) is 5.62. The zero-order valence-electron chi connectivity index (χ0n) is 11.3. The van der Waals surface area contributed by atoms with Crippen LogP contribution in [-0.2, 0) is 4.74 Å². The number of anilines is 2. The van der Waals surface area contributed by atoms with Crippen LogP contribution >= 0.6 is 0 Å². The molecule has 0 bridgehead atoms. The zero-order chi connectivity index (χ0) is 13.4. The van der Waals surface area contributed by atoms with Gasteiger partial charge in [0, 0.05) is 13.1 Å². The lowest BCUT2D eigenvalue weighted by Gasteiger charge is -2.22. The summed E-state index contributed by atoms with van der Waals surface area (Å²) in [6.07, 6.45) is 4.02. The number of hydrogen-bond donors (Lipinski definition) is 1. The molecule has 4 nitrogen and oxygen atoms in total. The summed E-state index contributed by atoms with van der Waals surface area (Å²) in [7, 11) is 1.40. The van der Waals surface area contributed by atoms with Gasteiger partial charge in [0.1, 0.15) is 0 Å². The van der Waals surface area contributed by atoms with Gasteiger partial charge in [0.05, 0.1) is 24.0 Å². The molecule has 1 aromatic rings. The van der Waals surface area contributed by atoms with Crippen molar-refractivity contribution in [1.29, 1.82) is 0 Å². The van der Waals surface area contributed by atoms with Crippen LogP contribution in [0, 0.1) is 11.8 Å². The molecule has 19 heavy (non-hydrogen) atoms. The van der Waals surface area contributed by atoms with E-state index in [1.807, 2.05) is 6.07 Å². The molecule has 1 saturated carbocycles. The first-order valence-electron chi connectivity index (χ1n) is 6.92. The van der Waals surface area contributed by atoms with Crippen molar-refractivity contribution < 1.29 is 9.53 Å². The number of methoxy groups -OCH3 is 1.